The van der Waals surface area contributed by atoms with Gasteiger partial charge in [-0.15, -0.1) is 0 Å². The van der Waals surface area contributed by atoms with Crippen LogP contribution in [0, 0.1) is 0 Å². The summed E-state index contributed by atoms with van der Waals surface area (Å²) in [6.07, 6.45) is 1.25. The summed E-state index contributed by atoms with van der Waals surface area (Å²) in [6.45, 7) is 1.92. The van der Waals surface area contributed by atoms with Crippen molar-refractivity contribution in [2.75, 3.05) is 31.6 Å². The van der Waals surface area contributed by atoms with Crippen LogP contribution in [0.15, 0.2) is 24.3 Å². The minimum Gasteiger partial charge on any atom is -0.371 e. The number of benzene rings is 1. The average molecular weight is 246 g/mol. The fourth-order valence-electron chi connectivity index (χ4n) is 2.14. The van der Waals surface area contributed by atoms with Crippen molar-refractivity contribution < 1.29 is 9.59 Å². The molecule has 1 saturated heterocycles. The Kier molecular flexibility index (Phi) is 4.10. The molecule has 96 valence electrons. The van der Waals surface area contributed by atoms with Gasteiger partial charge in [0, 0.05) is 37.2 Å². The lowest BCUT2D eigenvalue weighted by atomic mass is 10.1. The molecule has 1 heterocycles. The SMILES string of the molecule is CNCC(=O)c1ccc(N2CCC(=O)CC2)cc1. The molecule has 1 aliphatic rings. The van der Waals surface area contributed by atoms with Gasteiger partial charge in [0.15, 0.2) is 5.78 Å². The molecule has 0 atom stereocenters. The highest BCUT2D eigenvalue weighted by Crippen LogP contribution is 2.19. The maximum atomic E-state index is 11.7. The molecule has 0 bridgehead atoms. The largest absolute Gasteiger partial charge is 0.371 e. The van der Waals surface area contributed by atoms with Crippen LogP contribution in [0.5, 0.6) is 0 Å². The van der Waals surface area contributed by atoms with Crippen LogP contribution < -0.4 is 10.2 Å². The molecule has 4 heteroatoms. The Hall–Kier alpha value is -1.68. The predicted octanol–water partition coefficient (Wildman–Crippen LogP) is 1.26. The maximum Gasteiger partial charge on any atom is 0.176 e. The number of piperidine rings is 1. The summed E-state index contributed by atoms with van der Waals surface area (Å²) in [5.41, 5.74) is 1.81. The number of anilines is 1. The number of ketones is 2. The number of nitrogens with one attached hydrogen (secondary N) is 1. The molecule has 2 rings (SSSR count). The van der Waals surface area contributed by atoms with E-state index in [1.54, 1.807) is 7.05 Å². The second kappa shape index (κ2) is 5.78. The Morgan fingerprint density at radius 2 is 1.83 bits per heavy atom. The monoisotopic (exact) mass is 246 g/mol. The van der Waals surface area contributed by atoms with Gasteiger partial charge in [0.2, 0.25) is 0 Å². The third-order valence-corrected chi connectivity index (χ3v) is 3.21. The number of hydrogen-bond donors (Lipinski definition) is 1. The number of nitrogens with zero attached hydrogens (tertiary/aromatic N) is 1. The molecule has 1 fully saturated rings. The van der Waals surface area contributed by atoms with Gasteiger partial charge in [-0.2, -0.15) is 0 Å². The first-order chi connectivity index (χ1) is 8.70. The van der Waals surface area contributed by atoms with E-state index in [1.807, 2.05) is 24.3 Å². The van der Waals surface area contributed by atoms with Crippen molar-refractivity contribution in [1.29, 1.82) is 0 Å². The quantitative estimate of drug-likeness (QED) is 0.813. The van der Waals surface area contributed by atoms with E-state index in [0.29, 0.717) is 25.2 Å². The molecule has 18 heavy (non-hydrogen) atoms. The third kappa shape index (κ3) is 2.96. The van der Waals surface area contributed by atoms with Crippen LogP contribution in [-0.2, 0) is 4.79 Å². The van der Waals surface area contributed by atoms with Crippen molar-refractivity contribution in [3.8, 4) is 0 Å². The lowest BCUT2D eigenvalue weighted by Gasteiger charge is -2.28. The van der Waals surface area contributed by atoms with Crippen LogP contribution in [0.1, 0.15) is 23.2 Å². The minimum atomic E-state index is 0.0953. The van der Waals surface area contributed by atoms with Crippen LogP contribution in [0.4, 0.5) is 5.69 Å². The summed E-state index contributed by atoms with van der Waals surface area (Å²) in [6, 6.07) is 7.62. The van der Waals surface area contributed by atoms with E-state index < -0.39 is 0 Å². The van der Waals surface area contributed by atoms with Crippen LogP contribution in [-0.4, -0.2) is 38.2 Å². The van der Waals surface area contributed by atoms with Crippen molar-refractivity contribution >= 4 is 17.3 Å². The molecule has 1 aliphatic heterocycles. The fourth-order valence-corrected chi connectivity index (χ4v) is 2.14. The van der Waals surface area contributed by atoms with Gasteiger partial charge in [0.1, 0.15) is 5.78 Å². The summed E-state index contributed by atoms with van der Waals surface area (Å²) >= 11 is 0. The molecule has 0 aliphatic carbocycles. The fraction of sp³-hybridized carbons (Fsp3) is 0.429. The molecular formula is C14H18N2O2. The molecule has 1 N–H and O–H groups in total. The molecule has 0 amide bonds. The van der Waals surface area contributed by atoms with E-state index in [9.17, 15) is 9.59 Å². The van der Waals surface area contributed by atoms with Gasteiger partial charge in [0.25, 0.3) is 0 Å². The molecule has 0 unspecified atom stereocenters. The van der Waals surface area contributed by atoms with Crippen LogP contribution in [0.3, 0.4) is 0 Å². The van der Waals surface area contributed by atoms with Gasteiger partial charge >= 0.3 is 0 Å². The van der Waals surface area contributed by atoms with Crippen molar-refractivity contribution in [2.24, 2.45) is 0 Å². The Labute approximate surface area is 107 Å². The maximum absolute atomic E-state index is 11.7. The number of Topliss-reactive ketones (excluding diaryl/α,β-unsaturated/α-hetero) is 2. The standard InChI is InChI=1S/C14H18N2O2/c1-15-10-14(18)11-2-4-12(5-3-11)16-8-6-13(17)7-9-16/h2-5,15H,6-10H2,1H3. The van der Waals surface area contributed by atoms with Gasteiger partial charge in [-0.25, -0.2) is 0 Å². The Morgan fingerprint density at radius 1 is 1.22 bits per heavy atom. The predicted molar refractivity (Wildman–Crippen MR) is 71.2 cm³/mol. The third-order valence-electron chi connectivity index (χ3n) is 3.21. The number of likely N-dealkylation sites (N-methyl/N-ethyl adjacent to an activating group) is 1. The van der Waals surface area contributed by atoms with Crippen molar-refractivity contribution in [3.05, 3.63) is 29.8 Å². The van der Waals surface area contributed by atoms with Gasteiger partial charge in [0.05, 0.1) is 6.54 Å². The molecule has 1 aromatic carbocycles. The normalized spacial score (nSPS) is 15.8. The second-order valence-corrected chi connectivity index (χ2v) is 4.53. The zero-order chi connectivity index (χ0) is 13.0. The number of hydrogen-bond acceptors (Lipinski definition) is 4. The molecule has 1 aromatic rings. The van der Waals surface area contributed by atoms with Gasteiger partial charge in [-0.1, -0.05) is 0 Å². The van der Waals surface area contributed by atoms with Gasteiger partial charge < -0.3 is 10.2 Å². The van der Waals surface area contributed by atoms with E-state index in [1.165, 1.54) is 0 Å². The summed E-state index contributed by atoms with van der Waals surface area (Å²) in [7, 11) is 1.76. The summed E-state index contributed by atoms with van der Waals surface area (Å²) in [5, 5.41) is 2.85. The lowest BCUT2D eigenvalue weighted by Crippen LogP contribution is -2.33. The Balaban J connectivity index is 2.03. The molecule has 0 aromatic heterocycles. The molecule has 4 nitrogen and oxygen atoms in total. The molecule has 0 saturated carbocycles. The Morgan fingerprint density at radius 3 is 2.39 bits per heavy atom. The first-order valence-corrected chi connectivity index (χ1v) is 6.25. The minimum absolute atomic E-state index is 0.0953. The first kappa shape index (κ1) is 12.8. The topological polar surface area (TPSA) is 49.4 Å². The van der Waals surface area contributed by atoms with Crippen LogP contribution >= 0.6 is 0 Å². The smallest absolute Gasteiger partial charge is 0.176 e. The first-order valence-electron chi connectivity index (χ1n) is 6.25. The molecule has 0 radical (unpaired) electrons. The van der Waals surface area contributed by atoms with E-state index in [0.717, 1.165) is 24.3 Å². The van der Waals surface area contributed by atoms with E-state index in [4.69, 9.17) is 0 Å². The highest BCUT2D eigenvalue weighted by Gasteiger charge is 2.16. The van der Waals surface area contributed by atoms with Gasteiger partial charge in [-0.05, 0) is 31.3 Å². The summed E-state index contributed by atoms with van der Waals surface area (Å²) < 4.78 is 0. The lowest BCUT2D eigenvalue weighted by molar-refractivity contribution is -0.119. The summed E-state index contributed by atoms with van der Waals surface area (Å²) in [5.74, 6) is 0.435. The van der Waals surface area contributed by atoms with Crippen LogP contribution in [0.25, 0.3) is 0 Å². The van der Waals surface area contributed by atoms with E-state index in [-0.39, 0.29) is 5.78 Å². The van der Waals surface area contributed by atoms with Crippen LogP contribution in [0.2, 0.25) is 0 Å². The number of rotatable bonds is 4. The summed E-state index contributed by atoms with van der Waals surface area (Å²) in [4.78, 5) is 25.0. The average Bonchev–Trinajstić information content (AvgIpc) is 2.40. The van der Waals surface area contributed by atoms with Gasteiger partial charge in [-0.3, -0.25) is 9.59 Å². The molecular weight excluding hydrogens is 228 g/mol. The zero-order valence-corrected chi connectivity index (χ0v) is 10.6. The van der Waals surface area contributed by atoms with E-state index >= 15 is 0 Å². The number of carbonyl (C=O) groups is 2. The second-order valence-electron chi connectivity index (χ2n) is 4.53. The van der Waals surface area contributed by atoms with Crippen molar-refractivity contribution in [3.63, 3.8) is 0 Å². The highest BCUT2D eigenvalue weighted by molar-refractivity contribution is 5.97. The molecule has 0 spiro atoms. The highest BCUT2D eigenvalue weighted by atomic mass is 16.1. The van der Waals surface area contributed by atoms with E-state index in [2.05, 4.69) is 10.2 Å². The van der Waals surface area contributed by atoms with Crippen molar-refractivity contribution in [2.45, 2.75) is 12.8 Å². The Bertz CT molecular complexity index is 430. The zero-order valence-electron chi connectivity index (χ0n) is 10.6. The number of carbonyl (C=O) groups excluding carboxylic acids is 2. The van der Waals surface area contributed by atoms with Crippen molar-refractivity contribution in [1.82, 2.24) is 5.32 Å².